The average molecular weight is 528 g/mol. The van der Waals surface area contributed by atoms with Crippen molar-refractivity contribution in [3.8, 4) is 5.75 Å². The lowest BCUT2D eigenvalue weighted by atomic mass is 10.0. The number of nitrogens with one attached hydrogen (secondary N) is 3. The number of amides is 4. The number of benzene rings is 1. The van der Waals surface area contributed by atoms with Crippen LogP contribution in [-0.2, 0) is 30.4 Å². The number of carboxylic acids is 1. The fourth-order valence-corrected chi connectivity index (χ4v) is 3.56. The molecule has 0 aliphatic carbocycles. The SMILES string of the molecule is CSCCC(NC(=O)C(Cc1ccc(O)cc1)NC(=O)C(N)CC(N)=O)C(=O)NC(C(=O)O)C(C)O. The molecule has 0 aromatic heterocycles. The summed E-state index contributed by atoms with van der Waals surface area (Å²) in [4.78, 5) is 60.9. The Balaban J connectivity index is 3.13. The van der Waals surface area contributed by atoms with Gasteiger partial charge in [-0.1, -0.05) is 12.1 Å². The van der Waals surface area contributed by atoms with Gasteiger partial charge in [-0.3, -0.25) is 19.2 Å². The van der Waals surface area contributed by atoms with Gasteiger partial charge in [-0.2, -0.15) is 11.8 Å². The number of hydrogen-bond donors (Lipinski definition) is 8. The highest BCUT2D eigenvalue weighted by molar-refractivity contribution is 7.98. The van der Waals surface area contributed by atoms with Crippen molar-refractivity contribution >= 4 is 41.4 Å². The summed E-state index contributed by atoms with van der Waals surface area (Å²) in [6.45, 7) is 1.20. The number of nitrogens with two attached hydrogens (primary N) is 2. The smallest absolute Gasteiger partial charge is 0.328 e. The summed E-state index contributed by atoms with van der Waals surface area (Å²) in [5.74, 6) is -4.25. The minimum absolute atomic E-state index is 0.00725. The zero-order valence-electron chi connectivity index (χ0n) is 20.0. The number of aliphatic hydroxyl groups excluding tert-OH is 1. The second kappa shape index (κ2) is 14.9. The summed E-state index contributed by atoms with van der Waals surface area (Å²) in [5, 5.41) is 35.6. The van der Waals surface area contributed by atoms with Crippen LogP contribution in [0, 0.1) is 0 Å². The number of carbonyl (C=O) groups is 5. The van der Waals surface area contributed by atoms with Crippen molar-refractivity contribution in [2.24, 2.45) is 11.5 Å². The van der Waals surface area contributed by atoms with Crippen molar-refractivity contribution in [3.05, 3.63) is 29.8 Å². The Morgan fingerprint density at radius 2 is 1.53 bits per heavy atom. The molecule has 0 heterocycles. The molecule has 5 atom stereocenters. The van der Waals surface area contributed by atoms with E-state index >= 15 is 0 Å². The molecule has 36 heavy (non-hydrogen) atoms. The van der Waals surface area contributed by atoms with Crippen molar-refractivity contribution in [1.82, 2.24) is 16.0 Å². The molecule has 0 bridgehead atoms. The number of hydrogen-bond acceptors (Lipinski definition) is 9. The van der Waals surface area contributed by atoms with Crippen LogP contribution in [-0.4, -0.2) is 87.2 Å². The molecule has 0 aliphatic rings. The van der Waals surface area contributed by atoms with Crippen LogP contribution in [0.15, 0.2) is 24.3 Å². The summed E-state index contributed by atoms with van der Waals surface area (Å²) in [6, 6.07) is 0.526. The highest BCUT2D eigenvalue weighted by atomic mass is 32.2. The first-order chi connectivity index (χ1) is 16.8. The van der Waals surface area contributed by atoms with Gasteiger partial charge < -0.3 is 42.7 Å². The number of aliphatic carboxylic acids is 1. The van der Waals surface area contributed by atoms with Crippen molar-refractivity contribution in [2.75, 3.05) is 12.0 Å². The van der Waals surface area contributed by atoms with Gasteiger partial charge in [0.05, 0.1) is 18.6 Å². The lowest BCUT2D eigenvalue weighted by Crippen LogP contribution is -2.59. The first kappa shape index (κ1) is 30.7. The van der Waals surface area contributed by atoms with E-state index in [-0.39, 0.29) is 18.6 Å². The van der Waals surface area contributed by atoms with E-state index in [1.54, 1.807) is 6.26 Å². The molecule has 200 valence electrons. The van der Waals surface area contributed by atoms with Gasteiger partial charge in [0.2, 0.25) is 23.6 Å². The summed E-state index contributed by atoms with van der Waals surface area (Å²) in [5.41, 5.74) is 11.3. The van der Waals surface area contributed by atoms with Crippen LogP contribution in [0.25, 0.3) is 0 Å². The number of phenols is 1. The minimum atomic E-state index is -1.59. The lowest BCUT2D eigenvalue weighted by Gasteiger charge is -2.25. The van der Waals surface area contributed by atoms with Crippen LogP contribution in [0.1, 0.15) is 25.3 Å². The van der Waals surface area contributed by atoms with Crippen LogP contribution in [0.5, 0.6) is 5.75 Å². The van der Waals surface area contributed by atoms with Gasteiger partial charge in [0, 0.05) is 6.42 Å². The zero-order valence-corrected chi connectivity index (χ0v) is 20.8. The number of carbonyl (C=O) groups excluding carboxylic acids is 4. The molecule has 0 aliphatic heterocycles. The molecule has 1 rings (SSSR count). The standard InChI is InChI=1S/C22H33N5O8S/c1-11(28)18(22(34)35)27-20(32)15(7-8-36-2)25-21(33)16(9-12-3-5-13(29)6-4-12)26-19(31)14(23)10-17(24)30/h3-6,11,14-16,18,28-29H,7-10,23H2,1-2H3,(H2,24,30)(H,25,33)(H,26,31)(H,27,32)(H,34,35). The van der Waals surface area contributed by atoms with Gasteiger partial charge in [-0.05, 0) is 43.0 Å². The molecule has 0 saturated heterocycles. The van der Waals surface area contributed by atoms with Crippen molar-refractivity contribution in [1.29, 1.82) is 0 Å². The number of primary amides is 1. The molecule has 1 aromatic rings. The van der Waals surface area contributed by atoms with Gasteiger partial charge in [0.25, 0.3) is 0 Å². The highest BCUT2D eigenvalue weighted by Crippen LogP contribution is 2.12. The summed E-state index contributed by atoms with van der Waals surface area (Å²) in [7, 11) is 0. The van der Waals surface area contributed by atoms with E-state index in [0.29, 0.717) is 11.3 Å². The van der Waals surface area contributed by atoms with E-state index in [4.69, 9.17) is 11.5 Å². The predicted octanol–water partition coefficient (Wildman–Crippen LogP) is -2.19. The maximum Gasteiger partial charge on any atom is 0.328 e. The molecule has 0 radical (unpaired) electrons. The fraction of sp³-hybridized carbons (Fsp3) is 0.500. The monoisotopic (exact) mass is 527 g/mol. The average Bonchev–Trinajstić information content (AvgIpc) is 2.79. The molecule has 0 spiro atoms. The number of thioether (sulfide) groups is 1. The Morgan fingerprint density at radius 1 is 0.972 bits per heavy atom. The quantitative estimate of drug-likeness (QED) is 0.123. The Labute approximate surface area is 212 Å². The Kier molecular flexibility index (Phi) is 12.7. The van der Waals surface area contributed by atoms with Gasteiger partial charge in [-0.15, -0.1) is 0 Å². The van der Waals surface area contributed by atoms with Crippen LogP contribution >= 0.6 is 11.8 Å². The maximum atomic E-state index is 13.2. The Morgan fingerprint density at radius 3 is 2.03 bits per heavy atom. The van der Waals surface area contributed by atoms with Crippen LogP contribution in [0.4, 0.5) is 0 Å². The molecule has 1 aromatic carbocycles. The van der Waals surface area contributed by atoms with Crippen molar-refractivity contribution in [2.45, 2.75) is 56.5 Å². The first-order valence-electron chi connectivity index (χ1n) is 11.0. The topological polar surface area (TPSA) is 234 Å². The van der Waals surface area contributed by atoms with E-state index in [1.807, 2.05) is 0 Å². The third kappa shape index (κ3) is 10.5. The van der Waals surface area contributed by atoms with Gasteiger partial charge in [0.15, 0.2) is 6.04 Å². The molecule has 0 fully saturated rings. The second-order valence-electron chi connectivity index (χ2n) is 8.12. The summed E-state index contributed by atoms with van der Waals surface area (Å²) in [6.07, 6.45) is 0.0148. The first-order valence-corrected chi connectivity index (χ1v) is 12.4. The fourth-order valence-electron chi connectivity index (χ4n) is 3.08. The number of aromatic hydroxyl groups is 1. The molecule has 14 heteroatoms. The molecular weight excluding hydrogens is 494 g/mol. The summed E-state index contributed by atoms with van der Waals surface area (Å²) < 4.78 is 0. The Hall–Kier alpha value is -3.36. The normalized spacial score (nSPS) is 15.0. The largest absolute Gasteiger partial charge is 0.508 e. The van der Waals surface area contributed by atoms with E-state index in [0.717, 1.165) is 0 Å². The van der Waals surface area contributed by atoms with E-state index in [1.165, 1.54) is 43.0 Å². The maximum absolute atomic E-state index is 13.2. The van der Waals surface area contributed by atoms with Crippen LogP contribution < -0.4 is 27.4 Å². The molecule has 4 amide bonds. The van der Waals surface area contributed by atoms with E-state index in [2.05, 4.69) is 16.0 Å². The number of aliphatic hydroxyl groups is 1. The van der Waals surface area contributed by atoms with Gasteiger partial charge in [0.1, 0.15) is 17.8 Å². The third-order valence-electron chi connectivity index (χ3n) is 5.06. The zero-order chi connectivity index (χ0) is 27.4. The van der Waals surface area contributed by atoms with Gasteiger partial charge >= 0.3 is 5.97 Å². The molecule has 13 nitrogen and oxygen atoms in total. The lowest BCUT2D eigenvalue weighted by molar-refractivity contribution is -0.145. The van der Waals surface area contributed by atoms with Crippen LogP contribution in [0.3, 0.4) is 0 Å². The van der Waals surface area contributed by atoms with E-state index < -0.39 is 66.3 Å². The van der Waals surface area contributed by atoms with Crippen LogP contribution in [0.2, 0.25) is 0 Å². The van der Waals surface area contributed by atoms with Gasteiger partial charge in [-0.25, -0.2) is 4.79 Å². The molecular formula is C22H33N5O8S. The summed E-state index contributed by atoms with van der Waals surface area (Å²) >= 11 is 1.39. The van der Waals surface area contributed by atoms with Crippen molar-refractivity contribution in [3.63, 3.8) is 0 Å². The third-order valence-corrected chi connectivity index (χ3v) is 5.70. The highest BCUT2D eigenvalue weighted by Gasteiger charge is 2.32. The number of phenolic OH excluding ortho intramolecular Hbond substituents is 1. The predicted molar refractivity (Wildman–Crippen MR) is 132 cm³/mol. The minimum Gasteiger partial charge on any atom is -0.508 e. The number of carboxylic acid groups (broad SMARTS) is 1. The Bertz CT molecular complexity index is 928. The molecule has 0 saturated carbocycles. The number of rotatable bonds is 15. The van der Waals surface area contributed by atoms with E-state index in [9.17, 15) is 39.3 Å². The van der Waals surface area contributed by atoms with Crippen molar-refractivity contribution < 1.29 is 39.3 Å². The second-order valence-corrected chi connectivity index (χ2v) is 9.10. The molecule has 5 unspecified atom stereocenters. The molecule has 10 N–H and O–H groups in total.